The molecule has 1 fully saturated rings. The highest BCUT2D eigenvalue weighted by Crippen LogP contribution is 2.31. The second kappa shape index (κ2) is 9.30. The van der Waals surface area contributed by atoms with Crippen LogP contribution in [0, 0.1) is 6.92 Å². The van der Waals surface area contributed by atoms with Gasteiger partial charge in [-0.1, -0.05) is 6.92 Å². The highest BCUT2D eigenvalue weighted by Gasteiger charge is 2.23. The Balaban J connectivity index is 0.00000144. The van der Waals surface area contributed by atoms with Gasteiger partial charge in [-0.15, -0.1) is 24.8 Å². The third kappa shape index (κ3) is 4.24. The molecule has 134 valence electrons. The number of aromatic nitrogens is 2. The Morgan fingerprint density at radius 1 is 1.33 bits per heavy atom. The number of piperidine rings is 1. The zero-order chi connectivity index (χ0) is 15.5. The number of nitrogens with zero attached hydrogens (tertiary/aromatic N) is 2. The molecule has 1 aromatic carbocycles. The Labute approximate surface area is 156 Å². The highest BCUT2D eigenvalue weighted by atomic mass is 35.5. The molecule has 1 aliphatic heterocycles. The molecule has 0 unspecified atom stereocenters. The van der Waals surface area contributed by atoms with Crippen LogP contribution in [-0.2, 0) is 0 Å². The molecule has 1 aromatic heterocycles. The van der Waals surface area contributed by atoms with Crippen molar-refractivity contribution >= 4 is 24.8 Å². The number of hydrogen-bond acceptors (Lipinski definition) is 3. The Kier molecular flexibility index (Phi) is 8.07. The maximum atomic E-state index is 5.31. The van der Waals surface area contributed by atoms with Crippen LogP contribution in [-0.4, -0.2) is 29.2 Å². The second-order valence-corrected chi connectivity index (χ2v) is 6.08. The van der Waals surface area contributed by atoms with Gasteiger partial charge < -0.3 is 14.6 Å². The minimum Gasteiger partial charge on any atom is -0.497 e. The first-order valence-electron chi connectivity index (χ1n) is 8.14. The summed E-state index contributed by atoms with van der Waals surface area (Å²) in [5.41, 5.74) is 2.39. The largest absolute Gasteiger partial charge is 0.497 e. The van der Waals surface area contributed by atoms with Crippen molar-refractivity contribution < 1.29 is 4.74 Å². The first kappa shape index (κ1) is 20.8. The number of benzene rings is 1. The number of nitrogens with one attached hydrogen (secondary N) is 1. The summed E-state index contributed by atoms with van der Waals surface area (Å²) in [5, 5.41) is 3.60. The van der Waals surface area contributed by atoms with Crippen LogP contribution in [0.25, 0.3) is 11.4 Å². The molecule has 2 atom stereocenters. The summed E-state index contributed by atoms with van der Waals surface area (Å²) < 4.78 is 7.67. The zero-order valence-electron chi connectivity index (χ0n) is 14.5. The summed E-state index contributed by atoms with van der Waals surface area (Å²) in [7, 11) is 1.70. The molecule has 0 bridgehead atoms. The van der Waals surface area contributed by atoms with Crippen LogP contribution in [0.1, 0.15) is 37.8 Å². The molecule has 24 heavy (non-hydrogen) atoms. The number of imidazole rings is 1. The van der Waals surface area contributed by atoms with Gasteiger partial charge in [-0.3, -0.25) is 0 Å². The molecule has 2 heterocycles. The van der Waals surface area contributed by atoms with E-state index >= 15 is 0 Å². The van der Waals surface area contributed by atoms with E-state index in [4.69, 9.17) is 4.74 Å². The molecule has 0 spiro atoms. The van der Waals surface area contributed by atoms with Crippen molar-refractivity contribution in [2.24, 2.45) is 0 Å². The minimum atomic E-state index is 0. The number of aryl methyl sites for hydroxylation is 1. The molecule has 1 saturated heterocycles. The average molecular weight is 372 g/mol. The van der Waals surface area contributed by atoms with Gasteiger partial charge in [-0.25, -0.2) is 4.98 Å². The van der Waals surface area contributed by atoms with Gasteiger partial charge in [0, 0.05) is 30.0 Å². The molecule has 6 heteroatoms. The van der Waals surface area contributed by atoms with E-state index < -0.39 is 0 Å². The minimum absolute atomic E-state index is 0. The van der Waals surface area contributed by atoms with Crippen LogP contribution < -0.4 is 10.1 Å². The van der Waals surface area contributed by atoms with Gasteiger partial charge in [-0.05, 0) is 56.5 Å². The van der Waals surface area contributed by atoms with Crippen molar-refractivity contribution in [3.05, 3.63) is 36.2 Å². The Bertz CT molecular complexity index is 645. The molecule has 4 nitrogen and oxygen atoms in total. The summed E-state index contributed by atoms with van der Waals surface area (Å²) in [6, 6.07) is 7.35. The number of methoxy groups -OCH3 is 1. The lowest BCUT2D eigenvalue weighted by atomic mass is 9.97. The van der Waals surface area contributed by atoms with E-state index in [1.807, 2.05) is 12.3 Å². The van der Waals surface area contributed by atoms with Crippen LogP contribution in [0.15, 0.2) is 30.6 Å². The number of ether oxygens (including phenoxy) is 1. The lowest BCUT2D eigenvalue weighted by Crippen LogP contribution is -2.38. The predicted molar refractivity (Wildman–Crippen MR) is 104 cm³/mol. The van der Waals surface area contributed by atoms with Crippen molar-refractivity contribution in [3.8, 4) is 17.1 Å². The maximum Gasteiger partial charge on any atom is 0.140 e. The van der Waals surface area contributed by atoms with Crippen molar-refractivity contribution in [3.63, 3.8) is 0 Å². The topological polar surface area (TPSA) is 39.1 Å². The number of halogens is 2. The molecule has 2 aromatic rings. The van der Waals surface area contributed by atoms with Gasteiger partial charge in [0.2, 0.25) is 0 Å². The quantitative estimate of drug-likeness (QED) is 0.864. The smallest absolute Gasteiger partial charge is 0.140 e. The van der Waals surface area contributed by atoms with E-state index in [2.05, 4.69) is 47.0 Å². The van der Waals surface area contributed by atoms with Gasteiger partial charge in [0.25, 0.3) is 0 Å². The van der Waals surface area contributed by atoms with Crippen LogP contribution in [0.3, 0.4) is 0 Å². The monoisotopic (exact) mass is 371 g/mol. The fraction of sp³-hybridized carbons (Fsp3) is 0.500. The van der Waals surface area contributed by atoms with Crippen molar-refractivity contribution in [1.82, 2.24) is 14.9 Å². The van der Waals surface area contributed by atoms with Crippen molar-refractivity contribution in [2.75, 3.05) is 13.7 Å². The van der Waals surface area contributed by atoms with Gasteiger partial charge >= 0.3 is 0 Å². The normalized spacial score (nSPS) is 20.0. The molecule has 1 N–H and O–H groups in total. The maximum absolute atomic E-state index is 5.31. The SMILES string of the molecule is CC[C@@H]1C[C@H](n2ccnc2-c2ccc(OC)cc2C)CCN1.Cl.Cl. The Hall–Kier alpha value is -1.23. The van der Waals surface area contributed by atoms with E-state index in [0.717, 1.165) is 24.5 Å². The van der Waals surface area contributed by atoms with Crippen LogP contribution >= 0.6 is 24.8 Å². The molecule has 1 aliphatic rings. The Morgan fingerprint density at radius 3 is 2.79 bits per heavy atom. The summed E-state index contributed by atoms with van der Waals surface area (Å²) in [6.45, 7) is 5.46. The third-order valence-corrected chi connectivity index (χ3v) is 4.70. The standard InChI is InChI=1S/C18H25N3O.2ClH/c1-4-14-12-15(7-8-19-14)21-10-9-20-18(21)17-6-5-16(22-3)11-13(17)2;;/h5-6,9-11,14-15,19H,4,7-8,12H2,1-3H3;2*1H/t14-,15-;;/m1../s1. The summed E-state index contributed by atoms with van der Waals surface area (Å²) in [4.78, 5) is 4.63. The van der Waals surface area contributed by atoms with Gasteiger partial charge in [-0.2, -0.15) is 0 Å². The predicted octanol–water partition coefficient (Wildman–Crippen LogP) is 4.41. The number of rotatable bonds is 4. The van der Waals surface area contributed by atoms with Crippen LogP contribution in [0.2, 0.25) is 0 Å². The fourth-order valence-electron chi connectivity index (χ4n) is 3.38. The first-order valence-corrected chi connectivity index (χ1v) is 8.14. The van der Waals surface area contributed by atoms with Gasteiger partial charge in [0.05, 0.1) is 7.11 Å². The van der Waals surface area contributed by atoms with E-state index in [0.29, 0.717) is 12.1 Å². The molecule has 0 saturated carbocycles. The lowest BCUT2D eigenvalue weighted by molar-refractivity contribution is 0.297. The zero-order valence-corrected chi connectivity index (χ0v) is 16.1. The summed E-state index contributed by atoms with van der Waals surface area (Å²) in [5.74, 6) is 1.97. The highest BCUT2D eigenvalue weighted by molar-refractivity contribution is 5.85. The lowest BCUT2D eigenvalue weighted by Gasteiger charge is -2.31. The van der Waals surface area contributed by atoms with Crippen LogP contribution in [0.4, 0.5) is 0 Å². The van der Waals surface area contributed by atoms with E-state index in [9.17, 15) is 0 Å². The fourth-order valence-corrected chi connectivity index (χ4v) is 3.38. The summed E-state index contributed by atoms with van der Waals surface area (Å²) >= 11 is 0. The van der Waals surface area contributed by atoms with E-state index in [1.54, 1.807) is 7.11 Å². The van der Waals surface area contributed by atoms with Crippen LogP contribution in [0.5, 0.6) is 5.75 Å². The van der Waals surface area contributed by atoms with E-state index in [-0.39, 0.29) is 24.8 Å². The molecule has 0 radical (unpaired) electrons. The van der Waals surface area contributed by atoms with Gasteiger partial charge in [0.1, 0.15) is 11.6 Å². The van der Waals surface area contributed by atoms with Crippen molar-refractivity contribution in [2.45, 2.75) is 45.2 Å². The average Bonchev–Trinajstić information content (AvgIpc) is 3.04. The third-order valence-electron chi connectivity index (χ3n) is 4.70. The molecular formula is C18H27Cl2N3O. The first-order chi connectivity index (χ1) is 10.7. The molecule has 0 aliphatic carbocycles. The molecule has 0 amide bonds. The van der Waals surface area contributed by atoms with Gasteiger partial charge in [0.15, 0.2) is 0 Å². The second-order valence-electron chi connectivity index (χ2n) is 6.08. The summed E-state index contributed by atoms with van der Waals surface area (Å²) in [6.07, 6.45) is 7.57. The number of hydrogen-bond donors (Lipinski definition) is 1. The molecular weight excluding hydrogens is 345 g/mol. The molecule has 3 rings (SSSR count). The Morgan fingerprint density at radius 2 is 2.12 bits per heavy atom. The van der Waals surface area contributed by atoms with E-state index in [1.165, 1.54) is 24.0 Å². The van der Waals surface area contributed by atoms with Crippen molar-refractivity contribution in [1.29, 1.82) is 0 Å².